The standard InChI is InChI=1S/C7H12ClN5S/c1-4-5(3-14-7(9)11-10)6(8)13(2)12-4/h3,10H2,1-2H3,(H2,9,11). The molecule has 0 aliphatic heterocycles. The number of nitrogens with two attached hydrogens (primary N) is 2. The number of hydrogen-bond donors (Lipinski definition) is 2. The van der Waals surface area contributed by atoms with Crippen LogP contribution in [0.1, 0.15) is 11.3 Å². The number of rotatable bonds is 2. The van der Waals surface area contributed by atoms with Gasteiger partial charge in [-0.1, -0.05) is 23.4 Å². The van der Waals surface area contributed by atoms with Gasteiger partial charge in [0, 0.05) is 18.4 Å². The molecule has 0 unspecified atom stereocenters. The maximum atomic E-state index is 6.02. The van der Waals surface area contributed by atoms with Gasteiger partial charge in [-0.3, -0.25) is 4.68 Å². The molecule has 0 aromatic carbocycles. The molecule has 0 amide bonds. The molecule has 1 aromatic heterocycles. The predicted octanol–water partition coefficient (Wildman–Crippen LogP) is 0.804. The molecule has 0 fully saturated rings. The fourth-order valence-corrected chi connectivity index (χ4v) is 2.05. The number of hydrogen-bond acceptors (Lipinski definition) is 4. The maximum absolute atomic E-state index is 6.02. The summed E-state index contributed by atoms with van der Waals surface area (Å²) >= 11 is 7.35. The summed E-state index contributed by atoms with van der Waals surface area (Å²) in [6.45, 7) is 1.90. The van der Waals surface area contributed by atoms with Crippen molar-refractivity contribution in [2.24, 2.45) is 23.7 Å². The molecule has 0 saturated heterocycles. The summed E-state index contributed by atoms with van der Waals surface area (Å²) in [7, 11) is 1.80. The molecule has 1 rings (SSSR count). The third kappa shape index (κ3) is 2.33. The second kappa shape index (κ2) is 4.56. The molecule has 0 radical (unpaired) electrons. The Morgan fingerprint density at radius 1 is 1.71 bits per heavy atom. The van der Waals surface area contributed by atoms with Crippen LogP contribution in [0.5, 0.6) is 0 Å². The van der Waals surface area contributed by atoms with Crippen molar-refractivity contribution in [3.63, 3.8) is 0 Å². The topological polar surface area (TPSA) is 82.2 Å². The molecule has 1 heterocycles. The Bertz CT molecular complexity index is 359. The Kier molecular flexibility index (Phi) is 3.65. The van der Waals surface area contributed by atoms with E-state index in [2.05, 4.69) is 10.2 Å². The zero-order valence-electron chi connectivity index (χ0n) is 7.99. The molecule has 1 aromatic rings. The van der Waals surface area contributed by atoms with Crippen LogP contribution in [0.2, 0.25) is 5.15 Å². The number of amidine groups is 1. The molecule has 14 heavy (non-hydrogen) atoms. The third-order valence-electron chi connectivity index (χ3n) is 1.76. The molecule has 4 N–H and O–H groups in total. The van der Waals surface area contributed by atoms with Gasteiger partial charge in [0.15, 0.2) is 5.17 Å². The molecule has 0 atom stereocenters. The lowest BCUT2D eigenvalue weighted by Gasteiger charge is -1.99. The van der Waals surface area contributed by atoms with Gasteiger partial charge in [-0.15, -0.1) is 0 Å². The minimum atomic E-state index is 0.337. The van der Waals surface area contributed by atoms with Crippen LogP contribution >= 0.6 is 23.4 Å². The minimum absolute atomic E-state index is 0.337. The van der Waals surface area contributed by atoms with Crippen LogP contribution in [-0.4, -0.2) is 14.9 Å². The van der Waals surface area contributed by atoms with Crippen molar-refractivity contribution in [1.82, 2.24) is 9.78 Å². The monoisotopic (exact) mass is 233 g/mol. The van der Waals surface area contributed by atoms with E-state index in [-0.39, 0.29) is 0 Å². The highest BCUT2D eigenvalue weighted by Gasteiger charge is 2.11. The van der Waals surface area contributed by atoms with Gasteiger partial charge >= 0.3 is 0 Å². The van der Waals surface area contributed by atoms with Gasteiger partial charge in [-0.2, -0.15) is 10.2 Å². The van der Waals surface area contributed by atoms with Gasteiger partial charge in [-0.05, 0) is 6.92 Å². The predicted molar refractivity (Wildman–Crippen MR) is 60.1 cm³/mol. The van der Waals surface area contributed by atoms with Crippen LogP contribution in [0.3, 0.4) is 0 Å². The van der Waals surface area contributed by atoms with E-state index in [1.165, 1.54) is 11.8 Å². The highest BCUT2D eigenvalue weighted by Crippen LogP contribution is 2.23. The van der Waals surface area contributed by atoms with Crippen LogP contribution in [-0.2, 0) is 12.8 Å². The van der Waals surface area contributed by atoms with Crippen molar-refractivity contribution >= 4 is 28.5 Å². The fraction of sp³-hybridized carbons (Fsp3) is 0.429. The average Bonchev–Trinajstić information content (AvgIpc) is 2.39. The highest BCUT2D eigenvalue weighted by atomic mass is 35.5. The molecule has 78 valence electrons. The molecule has 0 spiro atoms. The van der Waals surface area contributed by atoms with E-state index in [1.807, 2.05) is 6.92 Å². The van der Waals surface area contributed by atoms with Gasteiger partial charge in [-0.25, -0.2) is 0 Å². The smallest absolute Gasteiger partial charge is 0.177 e. The first-order chi connectivity index (χ1) is 6.56. The fourth-order valence-electron chi connectivity index (χ4n) is 1.02. The number of nitrogens with zero attached hydrogens (tertiary/aromatic N) is 3. The van der Waals surface area contributed by atoms with Crippen LogP contribution in [0.4, 0.5) is 0 Å². The zero-order chi connectivity index (χ0) is 10.7. The van der Waals surface area contributed by atoms with Crippen LogP contribution in [0, 0.1) is 6.92 Å². The summed E-state index contributed by atoms with van der Waals surface area (Å²) in [5.74, 6) is 5.64. The summed E-state index contributed by atoms with van der Waals surface area (Å²) in [5.41, 5.74) is 7.31. The molecular weight excluding hydrogens is 222 g/mol. The average molecular weight is 234 g/mol. The minimum Gasteiger partial charge on any atom is -0.377 e. The first kappa shape index (κ1) is 11.2. The number of aryl methyl sites for hydroxylation is 2. The maximum Gasteiger partial charge on any atom is 0.177 e. The van der Waals surface area contributed by atoms with Crippen molar-refractivity contribution < 1.29 is 0 Å². The Balaban J connectivity index is 2.76. The van der Waals surface area contributed by atoms with Gasteiger partial charge in [0.1, 0.15) is 5.15 Å². The molecule has 0 saturated carbocycles. The van der Waals surface area contributed by atoms with E-state index in [0.717, 1.165) is 11.3 Å². The van der Waals surface area contributed by atoms with E-state index in [0.29, 0.717) is 16.1 Å². The van der Waals surface area contributed by atoms with Gasteiger partial charge in [0.25, 0.3) is 0 Å². The molecule has 0 aliphatic rings. The number of aromatic nitrogens is 2. The number of halogens is 1. The van der Waals surface area contributed by atoms with Crippen molar-refractivity contribution in [2.75, 3.05) is 0 Å². The molecular formula is C7H12ClN5S. The lowest BCUT2D eigenvalue weighted by atomic mass is 10.3. The van der Waals surface area contributed by atoms with E-state index in [9.17, 15) is 0 Å². The highest BCUT2D eigenvalue weighted by molar-refractivity contribution is 8.13. The van der Waals surface area contributed by atoms with E-state index >= 15 is 0 Å². The van der Waals surface area contributed by atoms with E-state index < -0.39 is 0 Å². The van der Waals surface area contributed by atoms with Crippen LogP contribution < -0.4 is 11.6 Å². The number of hydrazone groups is 1. The quantitative estimate of drug-likeness (QED) is 0.343. The summed E-state index contributed by atoms with van der Waals surface area (Å²) in [6, 6.07) is 0. The van der Waals surface area contributed by atoms with Gasteiger partial charge in [0.05, 0.1) is 5.69 Å². The van der Waals surface area contributed by atoms with Gasteiger partial charge in [0.2, 0.25) is 0 Å². The first-order valence-electron chi connectivity index (χ1n) is 3.90. The van der Waals surface area contributed by atoms with E-state index in [1.54, 1.807) is 11.7 Å². The molecule has 5 nitrogen and oxygen atoms in total. The Labute approximate surface area is 91.5 Å². The van der Waals surface area contributed by atoms with E-state index in [4.69, 9.17) is 23.2 Å². The Morgan fingerprint density at radius 3 is 2.79 bits per heavy atom. The molecule has 0 bridgehead atoms. The molecule has 7 heteroatoms. The van der Waals surface area contributed by atoms with Crippen molar-refractivity contribution in [1.29, 1.82) is 0 Å². The first-order valence-corrected chi connectivity index (χ1v) is 5.26. The van der Waals surface area contributed by atoms with Crippen LogP contribution in [0.25, 0.3) is 0 Å². The van der Waals surface area contributed by atoms with Crippen LogP contribution in [0.15, 0.2) is 5.10 Å². The SMILES string of the molecule is Cc1nn(C)c(Cl)c1CS/C(N)=N/N. The second-order valence-corrected chi connectivity index (χ2v) is 4.09. The summed E-state index contributed by atoms with van der Waals surface area (Å²) < 4.78 is 1.63. The normalized spacial score (nSPS) is 12.1. The summed E-state index contributed by atoms with van der Waals surface area (Å²) in [4.78, 5) is 0. The van der Waals surface area contributed by atoms with Crippen molar-refractivity contribution in [2.45, 2.75) is 12.7 Å². The van der Waals surface area contributed by atoms with Gasteiger partial charge < -0.3 is 11.6 Å². The Morgan fingerprint density at radius 2 is 2.36 bits per heavy atom. The van der Waals surface area contributed by atoms with Crippen molar-refractivity contribution in [3.05, 3.63) is 16.4 Å². The number of thioether (sulfide) groups is 1. The lowest BCUT2D eigenvalue weighted by molar-refractivity contribution is 0.757. The summed E-state index contributed by atoms with van der Waals surface area (Å²) in [6.07, 6.45) is 0. The Hall–Kier alpha value is -0.880. The van der Waals surface area contributed by atoms with Crippen molar-refractivity contribution in [3.8, 4) is 0 Å². The largest absolute Gasteiger partial charge is 0.377 e. The summed E-state index contributed by atoms with van der Waals surface area (Å²) in [5, 5.41) is 8.49. The zero-order valence-corrected chi connectivity index (χ0v) is 9.56. The third-order valence-corrected chi connectivity index (χ3v) is 3.07. The second-order valence-electron chi connectivity index (χ2n) is 2.73. The molecule has 0 aliphatic carbocycles. The lowest BCUT2D eigenvalue weighted by Crippen LogP contribution is -2.09.